The quantitative estimate of drug-likeness (QED) is 0.792. The van der Waals surface area contributed by atoms with Crippen molar-refractivity contribution in [3.05, 3.63) is 16.3 Å². The molecule has 0 bridgehead atoms. The van der Waals surface area contributed by atoms with Crippen molar-refractivity contribution >= 4 is 27.3 Å². The summed E-state index contributed by atoms with van der Waals surface area (Å²) in [5, 5.41) is 4.72. The smallest absolute Gasteiger partial charge is 0.348 e. The van der Waals surface area contributed by atoms with E-state index in [1.165, 1.54) is 18.6 Å². The van der Waals surface area contributed by atoms with Crippen LogP contribution in [0.4, 0.5) is 0 Å². The summed E-state index contributed by atoms with van der Waals surface area (Å²) in [7, 11) is -2.32. The lowest BCUT2D eigenvalue weighted by atomic mass is 9.81. The summed E-state index contributed by atoms with van der Waals surface area (Å²) in [4.78, 5) is 11.8. The van der Waals surface area contributed by atoms with Crippen LogP contribution in [-0.4, -0.2) is 41.1 Å². The number of hydrogen-bond acceptors (Lipinski definition) is 6. The molecule has 1 saturated heterocycles. The maximum absolute atomic E-state index is 12.3. The number of hydrogen-bond donors (Lipinski definition) is 2. The van der Waals surface area contributed by atoms with Crippen LogP contribution < -0.4 is 10.0 Å². The third kappa shape index (κ3) is 4.03. The Hall–Kier alpha value is -0.960. The lowest BCUT2D eigenvalue weighted by molar-refractivity contribution is 0.0606. The minimum Gasteiger partial charge on any atom is -0.465 e. The van der Waals surface area contributed by atoms with Crippen molar-refractivity contribution in [2.24, 2.45) is 5.41 Å². The van der Waals surface area contributed by atoms with Crippen molar-refractivity contribution < 1.29 is 17.9 Å². The topological polar surface area (TPSA) is 84.5 Å². The number of sulfonamides is 1. The van der Waals surface area contributed by atoms with E-state index in [1.807, 2.05) is 0 Å². The van der Waals surface area contributed by atoms with E-state index in [0.29, 0.717) is 6.54 Å². The van der Waals surface area contributed by atoms with Crippen LogP contribution in [0, 0.1) is 5.41 Å². The van der Waals surface area contributed by atoms with E-state index in [9.17, 15) is 13.2 Å². The molecule has 0 atom stereocenters. The Morgan fingerprint density at radius 1 is 1.48 bits per heavy atom. The summed E-state index contributed by atoms with van der Waals surface area (Å²) in [6.07, 6.45) is 1.87. The Morgan fingerprint density at radius 2 is 2.14 bits per heavy atom. The van der Waals surface area contributed by atoms with Crippen LogP contribution in [0.3, 0.4) is 0 Å². The molecular weight excluding hydrogens is 312 g/mol. The van der Waals surface area contributed by atoms with Crippen LogP contribution in [0.25, 0.3) is 0 Å². The van der Waals surface area contributed by atoms with Gasteiger partial charge in [-0.3, -0.25) is 0 Å². The molecule has 6 nitrogen and oxygen atoms in total. The van der Waals surface area contributed by atoms with Crippen LogP contribution >= 0.6 is 11.3 Å². The van der Waals surface area contributed by atoms with Gasteiger partial charge in [-0.2, -0.15) is 0 Å². The van der Waals surface area contributed by atoms with Crippen molar-refractivity contribution in [2.75, 3.05) is 26.7 Å². The molecule has 0 spiro atoms. The van der Waals surface area contributed by atoms with Gasteiger partial charge >= 0.3 is 5.97 Å². The first-order chi connectivity index (χ1) is 9.86. The number of piperidine rings is 1. The van der Waals surface area contributed by atoms with Crippen LogP contribution in [0.2, 0.25) is 0 Å². The van der Waals surface area contributed by atoms with E-state index >= 15 is 0 Å². The Balaban J connectivity index is 2.04. The average molecular weight is 332 g/mol. The molecule has 2 heterocycles. The molecule has 2 rings (SSSR count). The SMILES string of the molecule is COC(=O)c1cc(S(=O)(=O)NCC2(C)CCNCC2)cs1. The molecule has 2 N–H and O–H groups in total. The summed E-state index contributed by atoms with van der Waals surface area (Å²) in [6.45, 7) is 4.30. The van der Waals surface area contributed by atoms with Crippen molar-refractivity contribution in [3.8, 4) is 0 Å². The van der Waals surface area contributed by atoms with Gasteiger partial charge in [0, 0.05) is 11.9 Å². The van der Waals surface area contributed by atoms with Gasteiger partial charge in [-0.1, -0.05) is 6.92 Å². The van der Waals surface area contributed by atoms with Crippen LogP contribution in [0.15, 0.2) is 16.3 Å². The zero-order valence-corrected chi connectivity index (χ0v) is 13.8. The van der Waals surface area contributed by atoms with Gasteiger partial charge in [0.15, 0.2) is 0 Å². The molecule has 1 aromatic heterocycles. The highest BCUT2D eigenvalue weighted by atomic mass is 32.2. The largest absolute Gasteiger partial charge is 0.465 e. The Bertz CT molecular complexity index is 603. The monoisotopic (exact) mass is 332 g/mol. The third-order valence-electron chi connectivity index (χ3n) is 3.77. The standard InChI is InChI=1S/C13H20N2O4S2/c1-13(3-5-14-6-4-13)9-15-21(17,18)10-7-11(20-8-10)12(16)19-2/h7-8,14-15H,3-6,9H2,1-2H3. The van der Waals surface area contributed by atoms with E-state index in [2.05, 4.69) is 21.7 Å². The molecule has 118 valence electrons. The fraction of sp³-hybridized carbons (Fsp3) is 0.615. The summed E-state index contributed by atoms with van der Waals surface area (Å²) in [5.74, 6) is -0.522. The van der Waals surface area contributed by atoms with Crippen LogP contribution in [-0.2, 0) is 14.8 Å². The predicted octanol–water partition coefficient (Wildman–Crippen LogP) is 1.20. The molecule has 1 aliphatic heterocycles. The maximum Gasteiger partial charge on any atom is 0.348 e. The zero-order chi connectivity index (χ0) is 15.5. The van der Waals surface area contributed by atoms with Crippen molar-refractivity contribution in [1.29, 1.82) is 0 Å². The minimum atomic E-state index is -3.59. The third-order valence-corrected chi connectivity index (χ3v) is 6.21. The van der Waals surface area contributed by atoms with Gasteiger partial charge < -0.3 is 10.1 Å². The molecule has 0 unspecified atom stereocenters. The second-order valence-corrected chi connectivity index (χ2v) is 8.20. The number of methoxy groups -OCH3 is 1. The van der Waals surface area contributed by atoms with E-state index in [4.69, 9.17) is 0 Å². The summed E-state index contributed by atoms with van der Waals surface area (Å²) in [6, 6.07) is 1.35. The number of thiophene rings is 1. The van der Waals surface area contributed by atoms with E-state index in [0.717, 1.165) is 37.3 Å². The molecule has 0 aliphatic carbocycles. The molecule has 1 aliphatic rings. The number of ether oxygens (including phenoxy) is 1. The molecular formula is C13H20N2O4S2. The second kappa shape index (κ2) is 6.43. The molecule has 1 aromatic rings. The molecule has 0 radical (unpaired) electrons. The summed E-state index contributed by atoms with van der Waals surface area (Å²) >= 11 is 1.07. The molecule has 8 heteroatoms. The fourth-order valence-electron chi connectivity index (χ4n) is 2.23. The first-order valence-electron chi connectivity index (χ1n) is 6.74. The van der Waals surface area contributed by atoms with Gasteiger partial charge in [0.2, 0.25) is 10.0 Å². The molecule has 0 aromatic carbocycles. The van der Waals surface area contributed by atoms with Gasteiger partial charge in [0.1, 0.15) is 4.88 Å². The molecule has 21 heavy (non-hydrogen) atoms. The zero-order valence-electron chi connectivity index (χ0n) is 12.1. The lowest BCUT2D eigenvalue weighted by Gasteiger charge is -2.33. The predicted molar refractivity (Wildman–Crippen MR) is 81.1 cm³/mol. The number of carbonyl (C=O) groups excluding carboxylic acids is 1. The van der Waals surface area contributed by atoms with Gasteiger partial charge in [0.25, 0.3) is 0 Å². The van der Waals surface area contributed by atoms with Crippen molar-refractivity contribution in [2.45, 2.75) is 24.7 Å². The molecule has 0 amide bonds. The maximum atomic E-state index is 12.3. The van der Waals surface area contributed by atoms with Gasteiger partial charge in [-0.05, 0) is 37.4 Å². The van der Waals surface area contributed by atoms with Gasteiger partial charge in [-0.15, -0.1) is 11.3 Å². The van der Waals surface area contributed by atoms with Crippen molar-refractivity contribution in [1.82, 2.24) is 10.0 Å². The van der Waals surface area contributed by atoms with Gasteiger partial charge in [-0.25, -0.2) is 17.9 Å². The number of rotatable bonds is 5. The highest BCUT2D eigenvalue weighted by Gasteiger charge is 2.29. The number of carbonyl (C=O) groups is 1. The first kappa shape index (κ1) is 16.4. The molecule has 1 fully saturated rings. The van der Waals surface area contributed by atoms with Crippen LogP contribution in [0.5, 0.6) is 0 Å². The van der Waals surface area contributed by atoms with E-state index in [-0.39, 0.29) is 15.2 Å². The number of esters is 1. The van der Waals surface area contributed by atoms with E-state index < -0.39 is 16.0 Å². The normalized spacial score (nSPS) is 18.4. The fourth-order valence-corrected chi connectivity index (χ4v) is 4.62. The first-order valence-corrected chi connectivity index (χ1v) is 9.10. The van der Waals surface area contributed by atoms with E-state index in [1.54, 1.807) is 0 Å². The minimum absolute atomic E-state index is 0.0283. The Kier molecular flexibility index (Phi) is 5.03. The second-order valence-electron chi connectivity index (χ2n) is 5.52. The Morgan fingerprint density at radius 3 is 2.76 bits per heavy atom. The average Bonchev–Trinajstić information content (AvgIpc) is 2.96. The highest BCUT2D eigenvalue weighted by molar-refractivity contribution is 7.89. The summed E-state index contributed by atoms with van der Waals surface area (Å²) < 4.78 is 31.8. The van der Waals surface area contributed by atoms with Gasteiger partial charge in [0.05, 0.1) is 12.0 Å². The summed E-state index contributed by atoms with van der Waals surface area (Å²) in [5.41, 5.74) is -0.0283. The highest BCUT2D eigenvalue weighted by Crippen LogP contribution is 2.28. The Labute approximate surface area is 128 Å². The lowest BCUT2D eigenvalue weighted by Crippen LogP contribution is -2.42. The van der Waals surface area contributed by atoms with Crippen molar-refractivity contribution in [3.63, 3.8) is 0 Å². The molecule has 0 saturated carbocycles. The number of nitrogens with one attached hydrogen (secondary N) is 2. The van der Waals surface area contributed by atoms with Crippen LogP contribution in [0.1, 0.15) is 29.4 Å².